The fraction of sp³-hybridized carbons (Fsp3) is 0.143. The quantitative estimate of drug-likeness (QED) is 0.628. The molecule has 0 fully saturated rings. The Labute approximate surface area is 180 Å². The van der Waals surface area contributed by atoms with E-state index in [-0.39, 0.29) is 35.4 Å². The molecule has 0 bridgehead atoms. The highest BCUT2D eigenvalue weighted by Gasteiger charge is 2.36. The number of fused-ring (bicyclic) bond motifs is 1. The molecule has 3 aromatic rings. The lowest BCUT2D eigenvalue weighted by molar-refractivity contribution is -0.120. The number of aromatic carboxylic acids is 1. The summed E-state index contributed by atoms with van der Waals surface area (Å²) in [5.74, 6) is -1.72. The van der Waals surface area contributed by atoms with Gasteiger partial charge in [0.15, 0.2) is 0 Å². The van der Waals surface area contributed by atoms with Crippen molar-refractivity contribution in [3.63, 3.8) is 0 Å². The Bertz CT molecular complexity index is 1130. The van der Waals surface area contributed by atoms with Crippen LogP contribution in [0.1, 0.15) is 31.3 Å². The molecular formula is C21H16ClN3O4S. The number of amides is 2. The summed E-state index contributed by atoms with van der Waals surface area (Å²) in [5, 5.41) is 13.8. The van der Waals surface area contributed by atoms with Crippen molar-refractivity contribution in [2.24, 2.45) is 0 Å². The Morgan fingerprint density at radius 2 is 2.07 bits per heavy atom. The van der Waals surface area contributed by atoms with Crippen molar-refractivity contribution in [1.82, 2.24) is 9.88 Å². The van der Waals surface area contributed by atoms with Gasteiger partial charge in [0.05, 0.1) is 16.3 Å². The van der Waals surface area contributed by atoms with Gasteiger partial charge in [-0.2, -0.15) is 0 Å². The van der Waals surface area contributed by atoms with Gasteiger partial charge in [0.2, 0.25) is 5.91 Å². The second-order valence-corrected chi connectivity index (χ2v) is 8.07. The van der Waals surface area contributed by atoms with Crippen LogP contribution in [-0.2, 0) is 17.8 Å². The SMILES string of the molecule is O=C(O)c1ccc(CN2C(=O)c3sccc3NC(=O)[C@H]2Cc2ccccn2)cc1Cl. The van der Waals surface area contributed by atoms with Gasteiger partial charge >= 0.3 is 5.97 Å². The molecule has 1 aliphatic heterocycles. The van der Waals surface area contributed by atoms with Crippen LogP contribution >= 0.6 is 22.9 Å². The summed E-state index contributed by atoms with van der Waals surface area (Å²) in [5.41, 5.74) is 1.77. The third-order valence-corrected chi connectivity index (χ3v) is 6.02. The van der Waals surface area contributed by atoms with Gasteiger partial charge in [-0.3, -0.25) is 14.6 Å². The lowest BCUT2D eigenvalue weighted by atomic mass is 10.1. The molecule has 9 heteroatoms. The predicted octanol–water partition coefficient (Wildman–Crippen LogP) is 3.70. The van der Waals surface area contributed by atoms with Gasteiger partial charge in [-0.25, -0.2) is 4.79 Å². The molecule has 30 heavy (non-hydrogen) atoms. The number of anilines is 1. The highest BCUT2D eigenvalue weighted by Crippen LogP contribution is 2.30. The van der Waals surface area contributed by atoms with E-state index in [1.54, 1.807) is 35.8 Å². The number of carboxylic acids is 1. The van der Waals surface area contributed by atoms with E-state index in [2.05, 4.69) is 10.3 Å². The first-order chi connectivity index (χ1) is 14.4. The summed E-state index contributed by atoms with van der Waals surface area (Å²) in [4.78, 5) is 43.7. The minimum absolute atomic E-state index is 0.0223. The number of rotatable bonds is 5. The smallest absolute Gasteiger partial charge is 0.337 e. The Balaban J connectivity index is 1.71. The number of hydrogen-bond donors (Lipinski definition) is 2. The topological polar surface area (TPSA) is 99.6 Å². The number of benzene rings is 1. The number of halogens is 1. The van der Waals surface area contributed by atoms with Crippen molar-refractivity contribution in [3.8, 4) is 0 Å². The van der Waals surface area contributed by atoms with Crippen molar-refractivity contribution >= 4 is 46.4 Å². The fourth-order valence-electron chi connectivity index (χ4n) is 3.33. The number of hydrogen-bond acceptors (Lipinski definition) is 5. The molecule has 0 radical (unpaired) electrons. The Hall–Kier alpha value is -3.23. The number of thiophene rings is 1. The number of carbonyl (C=O) groups excluding carboxylic acids is 2. The van der Waals surface area contributed by atoms with Gasteiger partial charge in [0, 0.05) is 24.9 Å². The van der Waals surface area contributed by atoms with Crippen LogP contribution in [0.4, 0.5) is 5.69 Å². The van der Waals surface area contributed by atoms with Crippen LogP contribution in [0, 0.1) is 0 Å². The number of aromatic nitrogens is 1. The van der Waals surface area contributed by atoms with E-state index in [1.165, 1.54) is 28.4 Å². The summed E-state index contributed by atoms with van der Waals surface area (Å²) in [6, 6.07) is 10.8. The van der Waals surface area contributed by atoms with Crippen LogP contribution in [-0.4, -0.2) is 38.8 Å². The predicted molar refractivity (Wildman–Crippen MR) is 113 cm³/mol. The van der Waals surface area contributed by atoms with Gasteiger partial charge in [-0.05, 0) is 41.3 Å². The molecule has 152 valence electrons. The molecule has 3 heterocycles. The van der Waals surface area contributed by atoms with E-state index in [1.807, 2.05) is 6.07 Å². The zero-order chi connectivity index (χ0) is 21.3. The molecule has 0 aliphatic carbocycles. The average Bonchev–Trinajstić information content (AvgIpc) is 3.15. The van der Waals surface area contributed by atoms with Crippen LogP contribution < -0.4 is 5.32 Å². The lowest BCUT2D eigenvalue weighted by Crippen LogP contribution is -2.46. The summed E-state index contributed by atoms with van der Waals surface area (Å²) < 4.78 is 0. The van der Waals surface area contributed by atoms with E-state index in [0.29, 0.717) is 21.8 Å². The van der Waals surface area contributed by atoms with E-state index >= 15 is 0 Å². The van der Waals surface area contributed by atoms with Crippen LogP contribution in [0.15, 0.2) is 54.0 Å². The van der Waals surface area contributed by atoms with Gasteiger partial charge < -0.3 is 15.3 Å². The van der Waals surface area contributed by atoms with Crippen molar-refractivity contribution in [2.45, 2.75) is 19.0 Å². The third-order valence-electron chi connectivity index (χ3n) is 4.80. The molecule has 1 aromatic carbocycles. The highest BCUT2D eigenvalue weighted by atomic mass is 35.5. The molecule has 0 spiro atoms. The molecule has 0 saturated carbocycles. The molecule has 0 unspecified atom stereocenters. The number of carbonyl (C=O) groups is 3. The molecule has 7 nitrogen and oxygen atoms in total. The maximum Gasteiger partial charge on any atom is 0.337 e. The number of nitrogens with zero attached hydrogens (tertiary/aromatic N) is 2. The summed E-state index contributed by atoms with van der Waals surface area (Å²) >= 11 is 7.35. The lowest BCUT2D eigenvalue weighted by Gasteiger charge is -2.28. The number of carboxylic acid groups (broad SMARTS) is 1. The van der Waals surface area contributed by atoms with Crippen LogP contribution in [0.3, 0.4) is 0 Å². The number of pyridine rings is 1. The maximum absolute atomic E-state index is 13.3. The van der Waals surface area contributed by atoms with E-state index < -0.39 is 12.0 Å². The normalized spacial score (nSPS) is 16.0. The zero-order valence-electron chi connectivity index (χ0n) is 15.5. The highest BCUT2D eigenvalue weighted by molar-refractivity contribution is 7.12. The number of nitrogens with one attached hydrogen (secondary N) is 1. The van der Waals surface area contributed by atoms with Crippen molar-refractivity contribution < 1.29 is 19.5 Å². The molecule has 4 rings (SSSR count). The van der Waals surface area contributed by atoms with Gasteiger partial charge in [0.25, 0.3) is 5.91 Å². The molecule has 2 amide bonds. The summed E-state index contributed by atoms with van der Waals surface area (Å²) in [7, 11) is 0. The molecular weight excluding hydrogens is 426 g/mol. The largest absolute Gasteiger partial charge is 0.478 e. The minimum Gasteiger partial charge on any atom is -0.478 e. The molecule has 2 N–H and O–H groups in total. The third kappa shape index (κ3) is 3.92. The van der Waals surface area contributed by atoms with Crippen molar-refractivity contribution in [1.29, 1.82) is 0 Å². The molecule has 0 saturated heterocycles. The van der Waals surface area contributed by atoms with Crippen LogP contribution in [0.25, 0.3) is 0 Å². The molecule has 2 aromatic heterocycles. The molecule has 1 atom stereocenters. The van der Waals surface area contributed by atoms with Gasteiger partial charge in [-0.1, -0.05) is 23.7 Å². The van der Waals surface area contributed by atoms with Gasteiger partial charge in [0.1, 0.15) is 10.9 Å². The first-order valence-corrected chi connectivity index (χ1v) is 10.3. The average molecular weight is 442 g/mol. The van der Waals surface area contributed by atoms with E-state index in [4.69, 9.17) is 11.6 Å². The maximum atomic E-state index is 13.3. The standard InChI is InChI=1S/C21H16ClN3O4S/c22-15-9-12(4-5-14(15)21(28)29)11-25-17(10-13-3-1-2-7-23-13)19(26)24-16-6-8-30-18(16)20(25)27/h1-9,17H,10-11H2,(H,24,26)(H,28,29)/t17-/m1/s1. The minimum atomic E-state index is -1.13. The second kappa shape index (κ2) is 8.25. The molecule has 1 aliphatic rings. The monoisotopic (exact) mass is 441 g/mol. The van der Waals surface area contributed by atoms with E-state index in [0.717, 1.165) is 0 Å². The Morgan fingerprint density at radius 1 is 1.23 bits per heavy atom. The van der Waals surface area contributed by atoms with Crippen LogP contribution in [0.5, 0.6) is 0 Å². The fourth-order valence-corrected chi connectivity index (χ4v) is 4.42. The summed E-state index contributed by atoms with van der Waals surface area (Å²) in [6.07, 6.45) is 1.88. The van der Waals surface area contributed by atoms with E-state index in [9.17, 15) is 19.5 Å². The first-order valence-electron chi connectivity index (χ1n) is 9.05. The van der Waals surface area contributed by atoms with Gasteiger partial charge in [-0.15, -0.1) is 11.3 Å². The van der Waals surface area contributed by atoms with Crippen LogP contribution in [0.2, 0.25) is 5.02 Å². The zero-order valence-corrected chi connectivity index (χ0v) is 17.1. The van der Waals surface area contributed by atoms with Crippen molar-refractivity contribution in [3.05, 3.63) is 80.8 Å². The summed E-state index contributed by atoms with van der Waals surface area (Å²) in [6.45, 7) is 0.0979. The first kappa shape index (κ1) is 20.1. The van der Waals surface area contributed by atoms with Crippen molar-refractivity contribution in [2.75, 3.05) is 5.32 Å². The Kier molecular flexibility index (Phi) is 5.52. The second-order valence-electron chi connectivity index (χ2n) is 6.75. The Morgan fingerprint density at radius 3 is 2.77 bits per heavy atom.